The molecule has 0 unspecified atom stereocenters. The predicted molar refractivity (Wildman–Crippen MR) is 50.3 cm³/mol. The van der Waals surface area contributed by atoms with E-state index in [-0.39, 0.29) is 0 Å². The first-order chi connectivity index (χ1) is 4.17. The molecule has 0 aliphatic carbocycles. The van der Waals surface area contributed by atoms with E-state index in [2.05, 4.69) is 0 Å². The Balaban J connectivity index is 4.59. The molecule has 0 aliphatic heterocycles. The summed E-state index contributed by atoms with van der Waals surface area (Å²) in [6, 6.07) is 0. The van der Waals surface area contributed by atoms with Gasteiger partial charge in [-0.2, -0.15) is 0 Å². The van der Waals surface area contributed by atoms with Crippen LogP contribution in [0.3, 0.4) is 0 Å². The van der Waals surface area contributed by atoms with Crippen LogP contribution in [0.2, 0.25) is 0 Å². The molecule has 0 bridgehead atoms. The molecule has 0 saturated carbocycles. The van der Waals surface area contributed by atoms with Gasteiger partial charge in [0.25, 0.3) is 0 Å². The summed E-state index contributed by atoms with van der Waals surface area (Å²) in [7, 11) is 7.57. The van der Waals surface area contributed by atoms with E-state index in [0.29, 0.717) is 0 Å². The summed E-state index contributed by atoms with van der Waals surface area (Å²) in [5.41, 5.74) is 5.99. The zero-order valence-electron chi connectivity index (χ0n) is 7.30. The second kappa shape index (κ2) is 2.58. The number of hydrogen-bond acceptors (Lipinski definition) is 3. The van der Waals surface area contributed by atoms with Crippen molar-refractivity contribution in [3.05, 3.63) is 0 Å². The third-order valence-corrected chi connectivity index (χ3v) is 7.58. The van der Waals surface area contributed by atoms with E-state index < -0.39 is 6.41 Å². The normalized spacial score (nSPS) is 17.5. The third kappa shape index (κ3) is 1.80. The molecule has 0 aromatic carbocycles. The standard InChI is InChI=1S/C5H17ClN3P/c1-8(2)10(5,6,7)9(3)4/h7H2,1-5H3. The molecule has 2 N–H and O–H groups in total. The number of hydrogen-bond donors (Lipinski definition) is 1. The van der Waals surface area contributed by atoms with Crippen molar-refractivity contribution in [2.24, 2.45) is 5.50 Å². The predicted octanol–water partition coefficient (Wildman–Crippen LogP) is 1.15. The van der Waals surface area contributed by atoms with Gasteiger partial charge in [-0.3, -0.25) is 0 Å². The van der Waals surface area contributed by atoms with Crippen LogP contribution < -0.4 is 5.50 Å². The molecule has 0 rings (SSSR count). The van der Waals surface area contributed by atoms with Crippen LogP contribution in [0.15, 0.2) is 0 Å². The molecule has 0 radical (unpaired) electrons. The van der Waals surface area contributed by atoms with Gasteiger partial charge in [0.15, 0.2) is 0 Å². The molecule has 0 aromatic heterocycles. The van der Waals surface area contributed by atoms with E-state index in [1.54, 1.807) is 0 Å². The molecule has 0 spiro atoms. The van der Waals surface area contributed by atoms with Crippen molar-refractivity contribution < 1.29 is 0 Å². The molecule has 0 amide bonds. The molecular weight excluding hydrogens is 169 g/mol. The fourth-order valence-corrected chi connectivity index (χ4v) is 1.07. The van der Waals surface area contributed by atoms with Crippen LogP contribution in [0.5, 0.6) is 0 Å². The van der Waals surface area contributed by atoms with Crippen molar-refractivity contribution >= 4 is 17.6 Å². The molecule has 0 heterocycles. The minimum atomic E-state index is -2.68. The Labute approximate surface area is 68.0 Å². The van der Waals surface area contributed by atoms with Gasteiger partial charge in [0.1, 0.15) is 0 Å². The molecule has 0 aliphatic rings. The molecule has 10 heavy (non-hydrogen) atoms. The van der Waals surface area contributed by atoms with Gasteiger partial charge in [0.05, 0.1) is 0 Å². The number of nitrogens with zero attached hydrogens (tertiary/aromatic N) is 2. The van der Waals surface area contributed by atoms with Gasteiger partial charge in [-0.05, 0) is 0 Å². The van der Waals surface area contributed by atoms with Crippen LogP contribution in [0, 0.1) is 0 Å². The van der Waals surface area contributed by atoms with Crippen molar-refractivity contribution in [3.63, 3.8) is 0 Å². The summed E-state index contributed by atoms with van der Waals surface area (Å²) in [4.78, 5) is 0. The quantitative estimate of drug-likeness (QED) is 0.656. The molecule has 0 atom stereocenters. The fraction of sp³-hybridized carbons (Fsp3) is 1.00. The first kappa shape index (κ1) is 10.6. The molecule has 5 heteroatoms. The van der Waals surface area contributed by atoms with Crippen LogP contribution >= 0.6 is 17.6 Å². The molecule has 0 fully saturated rings. The van der Waals surface area contributed by atoms with Crippen molar-refractivity contribution in [2.45, 2.75) is 0 Å². The van der Waals surface area contributed by atoms with Crippen LogP contribution in [-0.2, 0) is 0 Å². The van der Waals surface area contributed by atoms with Crippen LogP contribution in [0.25, 0.3) is 0 Å². The Morgan fingerprint density at radius 3 is 1.30 bits per heavy atom. The molecule has 64 valence electrons. The van der Waals surface area contributed by atoms with E-state index in [1.807, 2.05) is 44.2 Å². The van der Waals surface area contributed by atoms with E-state index in [4.69, 9.17) is 16.7 Å². The maximum atomic E-state index is 6.22. The van der Waals surface area contributed by atoms with Crippen LogP contribution in [0.4, 0.5) is 0 Å². The first-order valence-corrected chi connectivity index (χ1v) is 6.63. The molecule has 3 nitrogen and oxygen atoms in total. The van der Waals surface area contributed by atoms with Gasteiger partial charge in [0.2, 0.25) is 0 Å². The van der Waals surface area contributed by atoms with Gasteiger partial charge in [-0.1, -0.05) is 0 Å². The minimum absolute atomic E-state index is 1.88. The Bertz CT molecular complexity index is 115. The zero-order chi connectivity index (χ0) is 8.60. The van der Waals surface area contributed by atoms with Crippen molar-refractivity contribution in [3.8, 4) is 0 Å². The topological polar surface area (TPSA) is 32.5 Å². The second-order valence-electron chi connectivity index (χ2n) is 3.09. The van der Waals surface area contributed by atoms with Gasteiger partial charge >= 0.3 is 67.3 Å². The summed E-state index contributed by atoms with van der Waals surface area (Å²) in [5, 5.41) is 0. The van der Waals surface area contributed by atoms with Gasteiger partial charge in [0, 0.05) is 0 Å². The Morgan fingerprint density at radius 1 is 1.10 bits per heavy atom. The monoisotopic (exact) mass is 185 g/mol. The summed E-state index contributed by atoms with van der Waals surface area (Å²) in [5.74, 6) is 0. The SMILES string of the molecule is CN(C)P(C)(N)(Cl)N(C)C. The zero-order valence-corrected chi connectivity index (χ0v) is 8.95. The van der Waals surface area contributed by atoms with Gasteiger partial charge in [-0.15, -0.1) is 0 Å². The number of halogens is 1. The van der Waals surface area contributed by atoms with E-state index in [0.717, 1.165) is 0 Å². The number of nitrogens with two attached hydrogens (primary N) is 1. The molecule has 0 aromatic rings. The first-order valence-electron chi connectivity index (χ1n) is 3.06. The van der Waals surface area contributed by atoms with Crippen LogP contribution in [0.1, 0.15) is 0 Å². The maximum absolute atomic E-state index is 6.22. The Kier molecular flexibility index (Phi) is 2.73. The van der Waals surface area contributed by atoms with E-state index in [1.165, 1.54) is 0 Å². The average molecular weight is 186 g/mol. The summed E-state index contributed by atoms with van der Waals surface area (Å²) >= 11 is 6.22. The average Bonchev–Trinajstić information content (AvgIpc) is 1.63. The summed E-state index contributed by atoms with van der Waals surface area (Å²) in [6.45, 7) is 1.88. The van der Waals surface area contributed by atoms with Gasteiger partial charge < -0.3 is 0 Å². The molecule has 0 saturated heterocycles. The molecular formula is C5H17ClN3P. The third-order valence-electron chi connectivity index (χ3n) is 1.92. The van der Waals surface area contributed by atoms with Crippen molar-refractivity contribution in [1.82, 2.24) is 9.34 Å². The Hall–Kier alpha value is 0.600. The second-order valence-corrected chi connectivity index (χ2v) is 9.99. The van der Waals surface area contributed by atoms with Crippen molar-refractivity contribution in [2.75, 3.05) is 34.9 Å². The van der Waals surface area contributed by atoms with Gasteiger partial charge in [-0.25, -0.2) is 0 Å². The summed E-state index contributed by atoms with van der Waals surface area (Å²) < 4.78 is 3.76. The number of rotatable bonds is 2. The summed E-state index contributed by atoms with van der Waals surface area (Å²) in [6.07, 6.45) is -2.68. The fourth-order valence-electron chi connectivity index (χ4n) is 0.358. The Morgan fingerprint density at radius 2 is 1.30 bits per heavy atom. The van der Waals surface area contributed by atoms with Crippen molar-refractivity contribution in [1.29, 1.82) is 0 Å². The van der Waals surface area contributed by atoms with E-state index in [9.17, 15) is 0 Å². The van der Waals surface area contributed by atoms with Crippen LogP contribution in [-0.4, -0.2) is 44.2 Å². The van der Waals surface area contributed by atoms with E-state index >= 15 is 0 Å².